The minimum Gasteiger partial charge on any atom is -0.478 e. The molecule has 0 saturated carbocycles. The zero-order chi connectivity index (χ0) is 13.7. The molecule has 8 nitrogen and oxygen atoms in total. The van der Waals surface area contributed by atoms with E-state index in [4.69, 9.17) is 16.4 Å². The minimum atomic E-state index is -1.42. The van der Waals surface area contributed by atoms with Gasteiger partial charge in [-0.3, -0.25) is 0 Å². The first-order valence-corrected chi connectivity index (χ1v) is 4.97. The van der Waals surface area contributed by atoms with Gasteiger partial charge in [0.1, 0.15) is 6.10 Å². The van der Waals surface area contributed by atoms with Crippen molar-refractivity contribution in [3.8, 4) is 0 Å². The molecule has 0 fully saturated rings. The van der Waals surface area contributed by atoms with E-state index in [0.29, 0.717) is 0 Å². The molecule has 0 aliphatic rings. The summed E-state index contributed by atoms with van der Waals surface area (Å²) >= 11 is 0. The number of anilines is 1. The van der Waals surface area contributed by atoms with Gasteiger partial charge in [0, 0.05) is 16.2 Å². The summed E-state index contributed by atoms with van der Waals surface area (Å²) in [6, 6.07) is 3.78. The first-order chi connectivity index (χ1) is 8.47. The van der Waals surface area contributed by atoms with Crippen LogP contribution in [0, 0.1) is 0 Å². The molecule has 2 atom stereocenters. The monoisotopic (exact) mass is 252 g/mol. The van der Waals surface area contributed by atoms with E-state index in [1.807, 2.05) is 0 Å². The van der Waals surface area contributed by atoms with Crippen molar-refractivity contribution in [1.29, 1.82) is 0 Å². The predicted octanol–water partition coefficient (Wildman–Crippen LogP) is 0.672. The Hall–Kier alpha value is -2.28. The van der Waals surface area contributed by atoms with Crippen molar-refractivity contribution in [1.82, 2.24) is 0 Å². The molecule has 18 heavy (non-hydrogen) atoms. The number of nitrogens with two attached hydrogens (primary N) is 1. The lowest BCUT2D eigenvalue weighted by atomic mass is 10.00. The maximum absolute atomic E-state index is 10.8. The topological polar surface area (TPSA) is 153 Å². The van der Waals surface area contributed by atoms with Gasteiger partial charge >= 0.3 is 5.97 Å². The van der Waals surface area contributed by atoms with Crippen molar-refractivity contribution in [2.24, 2.45) is 5.11 Å². The SMILES string of the molecule is [N-]=[N+]=NCC(O)C(O)c1cc(C(=O)O)ccc1N. The summed E-state index contributed by atoms with van der Waals surface area (Å²) in [6.07, 6.45) is -2.78. The molecule has 96 valence electrons. The number of carboxylic acid groups (broad SMARTS) is 1. The molecule has 1 aromatic rings. The highest BCUT2D eigenvalue weighted by Gasteiger charge is 2.21. The summed E-state index contributed by atoms with van der Waals surface area (Å²) in [6.45, 7) is -0.339. The number of nitrogen functional groups attached to an aromatic ring is 1. The average molecular weight is 252 g/mol. The first-order valence-electron chi connectivity index (χ1n) is 4.97. The molecule has 5 N–H and O–H groups in total. The third kappa shape index (κ3) is 3.11. The van der Waals surface area contributed by atoms with Crippen molar-refractivity contribution in [3.05, 3.63) is 39.8 Å². The van der Waals surface area contributed by atoms with Gasteiger partial charge in [0.25, 0.3) is 0 Å². The normalized spacial score (nSPS) is 13.4. The Morgan fingerprint density at radius 1 is 1.50 bits per heavy atom. The van der Waals surface area contributed by atoms with Gasteiger partial charge in [-0.15, -0.1) is 0 Å². The van der Waals surface area contributed by atoms with Crippen molar-refractivity contribution >= 4 is 11.7 Å². The molecular formula is C10H12N4O4. The molecule has 1 aromatic carbocycles. The van der Waals surface area contributed by atoms with Gasteiger partial charge in [0.2, 0.25) is 0 Å². The van der Waals surface area contributed by atoms with E-state index in [1.165, 1.54) is 18.2 Å². The van der Waals surface area contributed by atoms with Crippen LogP contribution < -0.4 is 5.73 Å². The van der Waals surface area contributed by atoms with Crippen LogP contribution >= 0.6 is 0 Å². The maximum atomic E-state index is 10.8. The molecule has 0 heterocycles. The number of hydrogen-bond donors (Lipinski definition) is 4. The second-order valence-electron chi connectivity index (χ2n) is 3.57. The number of hydrogen-bond acceptors (Lipinski definition) is 5. The Morgan fingerprint density at radius 3 is 2.72 bits per heavy atom. The fourth-order valence-electron chi connectivity index (χ4n) is 1.39. The third-order valence-corrected chi connectivity index (χ3v) is 2.35. The van der Waals surface area contributed by atoms with E-state index in [0.717, 1.165) is 0 Å². The third-order valence-electron chi connectivity index (χ3n) is 2.35. The first kappa shape index (κ1) is 13.8. The lowest BCUT2D eigenvalue weighted by Gasteiger charge is -2.18. The Kier molecular flexibility index (Phi) is 4.50. The van der Waals surface area contributed by atoms with Crippen molar-refractivity contribution in [2.45, 2.75) is 12.2 Å². The molecule has 1 rings (SSSR count). The Morgan fingerprint density at radius 2 is 2.17 bits per heavy atom. The van der Waals surface area contributed by atoms with Crippen molar-refractivity contribution in [2.75, 3.05) is 12.3 Å². The number of carboxylic acids is 1. The van der Waals surface area contributed by atoms with Gasteiger partial charge in [-0.05, 0) is 23.7 Å². The lowest BCUT2D eigenvalue weighted by Crippen LogP contribution is -2.22. The molecule has 0 saturated heterocycles. The summed E-state index contributed by atoms with van der Waals surface area (Å²) in [5.41, 5.74) is 13.9. The van der Waals surface area contributed by atoms with Crippen LogP contribution in [0.4, 0.5) is 5.69 Å². The smallest absolute Gasteiger partial charge is 0.335 e. The summed E-state index contributed by atoms with van der Waals surface area (Å²) in [5.74, 6) is -1.17. The van der Waals surface area contributed by atoms with Gasteiger partial charge in [0.05, 0.1) is 18.2 Å². The lowest BCUT2D eigenvalue weighted by molar-refractivity contribution is 0.0247. The number of rotatable bonds is 5. The molecular weight excluding hydrogens is 240 g/mol. The number of aromatic carboxylic acids is 1. The summed E-state index contributed by atoms with van der Waals surface area (Å²) in [5, 5.41) is 31.3. The highest BCUT2D eigenvalue weighted by atomic mass is 16.4. The van der Waals surface area contributed by atoms with Crippen LogP contribution in [-0.4, -0.2) is 33.9 Å². The quantitative estimate of drug-likeness (QED) is 0.262. The molecule has 0 aromatic heterocycles. The van der Waals surface area contributed by atoms with Crippen molar-refractivity contribution in [3.63, 3.8) is 0 Å². The number of azide groups is 1. The van der Waals surface area contributed by atoms with E-state index in [9.17, 15) is 15.0 Å². The van der Waals surface area contributed by atoms with Crippen LogP contribution in [0.2, 0.25) is 0 Å². The van der Waals surface area contributed by atoms with Crippen LogP contribution in [0.5, 0.6) is 0 Å². The second kappa shape index (κ2) is 5.87. The average Bonchev–Trinajstić information content (AvgIpc) is 2.35. The molecule has 0 bridgehead atoms. The van der Waals surface area contributed by atoms with E-state index < -0.39 is 18.2 Å². The van der Waals surface area contributed by atoms with Crippen LogP contribution in [0.1, 0.15) is 22.0 Å². The Labute approximate surface area is 102 Å². The van der Waals surface area contributed by atoms with Gasteiger partial charge in [-0.25, -0.2) is 4.79 Å². The molecule has 2 unspecified atom stereocenters. The Bertz CT molecular complexity index is 499. The summed E-state index contributed by atoms with van der Waals surface area (Å²) in [4.78, 5) is 13.2. The van der Waals surface area contributed by atoms with Gasteiger partial charge in [-0.2, -0.15) is 0 Å². The van der Waals surface area contributed by atoms with Crippen LogP contribution in [0.3, 0.4) is 0 Å². The maximum Gasteiger partial charge on any atom is 0.335 e. The molecule has 0 amide bonds. The second-order valence-corrected chi connectivity index (χ2v) is 3.57. The van der Waals surface area contributed by atoms with E-state index in [2.05, 4.69) is 10.0 Å². The number of nitrogens with zero attached hydrogens (tertiary/aromatic N) is 3. The highest BCUT2D eigenvalue weighted by Crippen LogP contribution is 2.24. The van der Waals surface area contributed by atoms with Crippen LogP contribution in [0.15, 0.2) is 23.3 Å². The van der Waals surface area contributed by atoms with Gasteiger partial charge in [-0.1, -0.05) is 5.11 Å². The predicted molar refractivity (Wildman–Crippen MR) is 62.8 cm³/mol. The minimum absolute atomic E-state index is 0.0609. The zero-order valence-electron chi connectivity index (χ0n) is 9.26. The molecule has 0 aliphatic heterocycles. The molecule has 0 aliphatic carbocycles. The number of carbonyl (C=O) groups is 1. The van der Waals surface area contributed by atoms with Gasteiger partial charge < -0.3 is 21.1 Å². The summed E-state index contributed by atoms with van der Waals surface area (Å²) < 4.78 is 0. The van der Waals surface area contributed by atoms with Gasteiger partial charge in [0.15, 0.2) is 0 Å². The molecule has 0 radical (unpaired) electrons. The molecule has 8 heteroatoms. The standard InChI is InChI=1S/C10H12N4O4/c11-7-2-1-5(10(17)18)3-6(7)9(16)8(15)4-13-14-12/h1-3,8-9,15-16H,4,11H2,(H,17,18). The fraction of sp³-hybridized carbons (Fsp3) is 0.300. The molecule has 0 spiro atoms. The van der Waals surface area contributed by atoms with Crippen LogP contribution in [0.25, 0.3) is 10.4 Å². The highest BCUT2D eigenvalue weighted by molar-refractivity contribution is 5.88. The van der Waals surface area contributed by atoms with E-state index >= 15 is 0 Å². The van der Waals surface area contributed by atoms with Crippen LogP contribution in [-0.2, 0) is 0 Å². The number of aliphatic hydroxyl groups excluding tert-OH is 2. The fourth-order valence-corrected chi connectivity index (χ4v) is 1.39. The number of benzene rings is 1. The van der Waals surface area contributed by atoms with E-state index in [1.54, 1.807) is 0 Å². The van der Waals surface area contributed by atoms with Crippen molar-refractivity contribution < 1.29 is 20.1 Å². The largest absolute Gasteiger partial charge is 0.478 e. The summed E-state index contributed by atoms with van der Waals surface area (Å²) in [7, 11) is 0. The Balaban J connectivity index is 3.03. The van der Waals surface area contributed by atoms with E-state index in [-0.39, 0.29) is 23.4 Å². The number of aliphatic hydroxyl groups is 2. The zero-order valence-corrected chi connectivity index (χ0v) is 9.26.